The van der Waals surface area contributed by atoms with E-state index in [1.807, 2.05) is 25.4 Å². The van der Waals surface area contributed by atoms with E-state index in [2.05, 4.69) is 46.1 Å². The predicted molar refractivity (Wildman–Crippen MR) is 87.2 cm³/mol. The minimum atomic E-state index is 0.196. The van der Waals surface area contributed by atoms with E-state index >= 15 is 0 Å². The van der Waals surface area contributed by atoms with Gasteiger partial charge in [-0.3, -0.25) is 4.98 Å². The van der Waals surface area contributed by atoms with Crippen LogP contribution in [-0.4, -0.2) is 15.6 Å². The van der Waals surface area contributed by atoms with Crippen molar-refractivity contribution in [2.24, 2.45) is 5.73 Å². The molecule has 3 heteroatoms. The van der Waals surface area contributed by atoms with Gasteiger partial charge < -0.3 is 10.3 Å². The number of fused-ring (bicyclic) bond motifs is 1. The van der Waals surface area contributed by atoms with Gasteiger partial charge in [-0.05, 0) is 54.5 Å². The van der Waals surface area contributed by atoms with Crippen molar-refractivity contribution in [1.29, 1.82) is 0 Å². The van der Waals surface area contributed by atoms with Crippen molar-refractivity contribution >= 4 is 10.9 Å². The number of nitrogens with two attached hydrogens (primary N) is 1. The number of aromatic nitrogens is 2. The topological polar surface area (TPSA) is 43.8 Å². The van der Waals surface area contributed by atoms with E-state index in [1.165, 1.54) is 22.0 Å². The van der Waals surface area contributed by atoms with E-state index < -0.39 is 0 Å². The molecule has 1 atom stereocenters. The highest BCUT2D eigenvalue weighted by Gasteiger charge is 2.04. The summed E-state index contributed by atoms with van der Waals surface area (Å²) in [5.41, 5.74) is 9.77. The van der Waals surface area contributed by atoms with Gasteiger partial charge in [0.05, 0.1) is 0 Å². The molecule has 2 heterocycles. The summed E-state index contributed by atoms with van der Waals surface area (Å²) in [6.07, 6.45) is 7.83. The Balaban J connectivity index is 1.81. The summed E-state index contributed by atoms with van der Waals surface area (Å²) in [5, 5.41) is 1.29. The number of nitrogens with zero attached hydrogens (tertiary/aromatic N) is 2. The van der Waals surface area contributed by atoms with E-state index in [-0.39, 0.29) is 6.04 Å². The van der Waals surface area contributed by atoms with Crippen LogP contribution in [-0.2, 0) is 19.4 Å². The lowest BCUT2D eigenvalue weighted by Crippen LogP contribution is -2.17. The molecule has 3 nitrogen and oxygen atoms in total. The van der Waals surface area contributed by atoms with Crippen LogP contribution in [0.1, 0.15) is 18.1 Å². The lowest BCUT2D eigenvalue weighted by molar-refractivity contribution is 0.717. The van der Waals surface area contributed by atoms with E-state index in [4.69, 9.17) is 5.73 Å². The molecule has 0 aliphatic rings. The maximum Gasteiger partial charge on any atom is 0.0483 e. The van der Waals surface area contributed by atoms with Gasteiger partial charge in [-0.25, -0.2) is 0 Å². The van der Waals surface area contributed by atoms with Crippen LogP contribution >= 0.6 is 0 Å². The number of hydrogen-bond donors (Lipinski definition) is 1. The van der Waals surface area contributed by atoms with Gasteiger partial charge in [0.1, 0.15) is 0 Å². The summed E-state index contributed by atoms with van der Waals surface area (Å²) in [7, 11) is 0. The maximum atomic E-state index is 5.90. The fourth-order valence-corrected chi connectivity index (χ4v) is 2.72. The maximum absolute atomic E-state index is 5.90. The summed E-state index contributed by atoms with van der Waals surface area (Å²) < 4.78 is 2.31. The Hall–Kier alpha value is -2.13. The zero-order valence-corrected chi connectivity index (χ0v) is 12.4. The molecule has 2 aromatic heterocycles. The average molecular weight is 279 g/mol. The molecular formula is C18H21N3. The third kappa shape index (κ3) is 3.31. The highest BCUT2D eigenvalue weighted by molar-refractivity contribution is 5.80. The highest BCUT2D eigenvalue weighted by atomic mass is 14.9. The van der Waals surface area contributed by atoms with Crippen molar-refractivity contribution in [1.82, 2.24) is 9.55 Å². The molecule has 3 aromatic rings. The van der Waals surface area contributed by atoms with Crippen molar-refractivity contribution in [3.05, 3.63) is 66.1 Å². The van der Waals surface area contributed by atoms with Crippen LogP contribution in [0.25, 0.3) is 10.9 Å². The second-order valence-electron chi connectivity index (χ2n) is 5.69. The third-order valence-electron chi connectivity index (χ3n) is 3.76. The van der Waals surface area contributed by atoms with Gasteiger partial charge in [0.25, 0.3) is 0 Å². The van der Waals surface area contributed by atoms with Gasteiger partial charge in [-0.15, -0.1) is 0 Å². The molecule has 1 unspecified atom stereocenters. The molecule has 0 fully saturated rings. The highest BCUT2D eigenvalue weighted by Crippen LogP contribution is 2.19. The molecule has 0 bridgehead atoms. The van der Waals surface area contributed by atoms with Crippen LogP contribution in [0.15, 0.2) is 55.0 Å². The molecule has 0 aliphatic heterocycles. The summed E-state index contributed by atoms with van der Waals surface area (Å²) in [6.45, 7) is 3.02. The fourth-order valence-electron chi connectivity index (χ4n) is 2.72. The van der Waals surface area contributed by atoms with Gasteiger partial charge in [0.15, 0.2) is 0 Å². The van der Waals surface area contributed by atoms with Crippen LogP contribution in [0.4, 0.5) is 0 Å². The van der Waals surface area contributed by atoms with Crippen LogP contribution in [0.5, 0.6) is 0 Å². The predicted octanol–water partition coefficient (Wildman–Crippen LogP) is 3.17. The minimum Gasteiger partial charge on any atom is -0.347 e. The van der Waals surface area contributed by atoms with Crippen molar-refractivity contribution in [3.8, 4) is 0 Å². The van der Waals surface area contributed by atoms with Gasteiger partial charge in [0.2, 0.25) is 0 Å². The lowest BCUT2D eigenvalue weighted by atomic mass is 10.1. The van der Waals surface area contributed by atoms with E-state index in [9.17, 15) is 0 Å². The third-order valence-corrected chi connectivity index (χ3v) is 3.76. The van der Waals surface area contributed by atoms with Gasteiger partial charge >= 0.3 is 0 Å². The van der Waals surface area contributed by atoms with E-state index in [0.29, 0.717) is 0 Å². The number of benzene rings is 1. The van der Waals surface area contributed by atoms with Crippen molar-refractivity contribution in [2.45, 2.75) is 32.4 Å². The SMILES string of the molecule is CC(N)Cc1ccc2ccn(CCc3cccnc3)c2c1. The first-order valence-electron chi connectivity index (χ1n) is 7.44. The van der Waals surface area contributed by atoms with Crippen molar-refractivity contribution in [3.63, 3.8) is 0 Å². The second kappa shape index (κ2) is 6.10. The molecule has 21 heavy (non-hydrogen) atoms. The zero-order valence-electron chi connectivity index (χ0n) is 12.4. The molecular weight excluding hydrogens is 258 g/mol. The first kappa shape index (κ1) is 13.8. The summed E-state index contributed by atoms with van der Waals surface area (Å²) >= 11 is 0. The first-order valence-corrected chi connectivity index (χ1v) is 7.44. The van der Waals surface area contributed by atoms with Crippen LogP contribution < -0.4 is 5.73 Å². The molecule has 0 saturated carbocycles. The Labute approximate surface area is 125 Å². The van der Waals surface area contributed by atoms with E-state index in [1.54, 1.807) is 0 Å². The first-order chi connectivity index (χ1) is 10.2. The van der Waals surface area contributed by atoms with Gasteiger partial charge in [-0.2, -0.15) is 0 Å². The number of pyridine rings is 1. The Bertz CT molecular complexity index is 714. The number of rotatable bonds is 5. The second-order valence-corrected chi connectivity index (χ2v) is 5.69. The van der Waals surface area contributed by atoms with Crippen molar-refractivity contribution < 1.29 is 0 Å². The Morgan fingerprint density at radius 1 is 1.19 bits per heavy atom. The quantitative estimate of drug-likeness (QED) is 0.779. The summed E-state index contributed by atoms with van der Waals surface area (Å²) in [4.78, 5) is 4.17. The summed E-state index contributed by atoms with van der Waals surface area (Å²) in [6, 6.07) is 13.1. The summed E-state index contributed by atoms with van der Waals surface area (Å²) in [5.74, 6) is 0. The molecule has 0 amide bonds. The monoisotopic (exact) mass is 279 g/mol. The lowest BCUT2D eigenvalue weighted by Gasteiger charge is -2.08. The van der Waals surface area contributed by atoms with Crippen LogP contribution in [0.3, 0.4) is 0 Å². The Morgan fingerprint density at radius 2 is 2.10 bits per heavy atom. The molecule has 0 spiro atoms. The molecule has 0 aliphatic carbocycles. The number of hydrogen-bond acceptors (Lipinski definition) is 2. The van der Waals surface area contributed by atoms with E-state index in [0.717, 1.165) is 19.4 Å². The molecule has 1 aromatic carbocycles. The average Bonchev–Trinajstić information content (AvgIpc) is 2.88. The van der Waals surface area contributed by atoms with Gasteiger partial charge in [0, 0.05) is 36.7 Å². The standard InChI is InChI=1S/C18H21N3/c1-14(19)11-16-4-5-17-7-10-21(18(17)12-16)9-6-15-3-2-8-20-13-15/h2-5,7-8,10,12-14H,6,9,11,19H2,1H3. The molecule has 3 rings (SSSR count). The zero-order chi connectivity index (χ0) is 14.7. The smallest absolute Gasteiger partial charge is 0.0483 e. The minimum absolute atomic E-state index is 0.196. The Morgan fingerprint density at radius 3 is 2.86 bits per heavy atom. The Kier molecular flexibility index (Phi) is 4.02. The molecule has 0 saturated heterocycles. The van der Waals surface area contributed by atoms with Crippen LogP contribution in [0, 0.1) is 0 Å². The van der Waals surface area contributed by atoms with Gasteiger partial charge in [-0.1, -0.05) is 18.2 Å². The number of aryl methyl sites for hydroxylation is 2. The fraction of sp³-hybridized carbons (Fsp3) is 0.278. The normalized spacial score (nSPS) is 12.7. The van der Waals surface area contributed by atoms with Crippen LogP contribution in [0.2, 0.25) is 0 Å². The molecule has 0 radical (unpaired) electrons. The molecule has 2 N–H and O–H groups in total. The largest absolute Gasteiger partial charge is 0.347 e. The van der Waals surface area contributed by atoms with Crippen molar-refractivity contribution in [2.75, 3.05) is 0 Å². The molecule has 108 valence electrons.